The second-order valence-electron chi connectivity index (χ2n) is 3.65. The molecule has 1 aliphatic heterocycles. The Balaban J connectivity index is 2.37. The van der Waals surface area contributed by atoms with Gasteiger partial charge in [0.25, 0.3) is 5.69 Å². The zero-order valence-electron chi connectivity index (χ0n) is 8.79. The molecule has 17 heavy (non-hydrogen) atoms. The number of hydrogen-bond acceptors (Lipinski definition) is 5. The van der Waals surface area contributed by atoms with Gasteiger partial charge in [-0.05, 0) is 6.07 Å². The smallest absolute Gasteiger partial charge is 0.316 e. The van der Waals surface area contributed by atoms with Crippen LogP contribution in [-0.4, -0.2) is 23.3 Å². The molecule has 1 aromatic carbocycles. The van der Waals surface area contributed by atoms with Gasteiger partial charge in [0.2, 0.25) is 0 Å². The maximum Gasteiger partial charge on any atom is 0.316 e. The first-order valence-electron chi connectivity index (χ1n) is 5.05. The van der Waals surface area contributed by atoms with E-state index in [0.29, 0.717) is 0 Å². The summed E-state index contributed by atoms with van der Waals surface area (Å²) in [4.78, 5) is 33.4. The molecular weight excluding hydrogens is 226 g/mol. The largest absolute Gasteiger partial charge is 0.465 e. The molecule has 6 heteroatoms. The molecule has 0 N–H and O–H groups in total. The van der Waals surface area contributed by atoms with Crippen molar-refractivity contribution >= 4 is 17.4 Å². The highest BCUT2D eigenvalue weighted by Gasteiger charge is 2.36. The van der Waals surface area contributed by atoms with Crippen molar-refractivity contribution in [3.8, 4) is 0 Å². The van der Waals surface area contributed by atoms with Gasteiger partial charge in [-0.1, -0.05) is 12.1 Å². The first kappa shape index (κ1) is 11.3. The van der Waals surface area contributed by atoms with Crippen LogP contribution in [0.5, 0.6) is 0 Å². The number of hydrogen-bond donors (Lipinski definition) is 0. The van der Waals surface area contributed by atoms with Crippen LogP contribution >= 0.6 is 0 Å². The van der Waals surface area contributed by atoms with Gasteiger partial charge in [-0.3, -0.25) is 19.7 Å². The summed E-state index contributed by atoms with van der Waals surface area (Å²) in [6, 6.07) is 5.60. The molecule has 1 atom stereocenters. The van der Waals surface area contributed by atoms with Crippen LogP contribution in [0.4, 0.5) is 5.69 Å². The van der Waals surface area contributed by atoms with E-state index in [1.165, 1.54) is 24.3 Å². The lowest BCUT2D eigenvalue weighted by molar-refractivity contribution is -0.385. The van der Waals surface area contributed by atoms with Gasteiger partial charge in [-0.2, -0.15) is 0 Å². The summed E-state index contributed by atoms with van der Waals surface area (Å²) in [5.74, 6) is -2.05. The zero-order valence-corrected chi connectivity index (χ0v) is 8.79. The maximum atomic E-state index is 12.0. The first-order valence-corrected chi connectivity index (χ1v) is 5.05. The minimum Gasteiger partial charge on any atom is -0.465 e. The Morgan fingerprint density at radius 2 is 2.12 bits per heavy atom. The number of ether oxygens (including phenoxy) is 1. The number of nitro benzene ring substituents is 1. The third-order valence-electron chi connectivity index (χ3n) is 2.62. The Morgan fingerprint density at radius 1 is 1.41 bits per heavy atom. The SMILES string of the molecule is O=C1OCC[C@@H]1C(=O)c1ccccc1[N+](=O)[O-]. The molecule has 1 saturated heterocycles. The molecule has 0 radical (unpaired) electrons. The summed E-state index contributed by atoms with van der Waals surface area (Å²) in [6.45, 7) is 0.190. The highest BCUT2D eigenvalue weighted by Crippen LogP contribution is 2.25. The minimum absolute atomic E-state index is 0.0404. The summed E-state index contributed by atoms with van der Waals surface area (Å²) in [5.41, 5.74) is -0.321. The third kappa shape index (κ3) is 2.01. The normalized spacial score (nSPS) is 18.8. The third-order valence-corrected chi connectivity index (χ3v) is 2.62. The molecule has 0 saturated carbocycles. The van der Waals surface area contributed by atoms with Crippen LogP contribution in [0.1, 0.15) is 16.8 Å². The molecule has 1 fully saturated rings. The predicted octanol–water partition coefficient (Wildman–Crippen LogP) is 1.34. The van der Waals surface area contributed by atoms with E-state index in [4.69, 9.17) is 0 Å². The van der Waals surface area contributed by atoms with E-state index in [-0.39, 0.29) is 24.3 Å². The quantitative estimate of drug-likeness (QED) is 0.259. The Kier molecular flexibility index (Phi) is 2.86. The fraction of sp³-hybridized carbons (Fsp3) is 0.273. The molecular formula is C11H9NO5. The average molecular weight is 235 g/mol. The standard InChI is InChI=1S/C11H9NO5/c13-10(8-5-6-17-11(8)14)7-3-1-2-4-9(7)12(15)16/h1-4,8H,5-6H2/t8-/m1/s1. The Labute approximate surface area is 96.3 Å². The summed E-state index contributed by atoms with van der Waals surface area (Å²) in [6.07, 6.45) is 0.281. The minimum atomic E-state index is -0.906. The van der Waals surface area contributed by atoms with E-state index in [1.54, 1.807) is 0 Å². The lowest BCUT2D eigenvalue weighted by atomic mass is 9.95. The van der Waals surface area contributed by atoms with Gasteiger partial charge in [0.1, 0.15) is 5.92 Å². The van der Waals surface area contributed by atoms with Crippen molar-refractivity contribution in [3.05, 3.63) is 39.9 Å². The number of para-hydroxylation sites is 1. The van der Waals surface area contributed by atoms with E-state index < -0.39 is 22.6 Å². The summed E-state index contributed by atoms with van der Waals surface area (Å²) in [5, 5.41) is 10.8. The van der Waals surface area contributed by atoms with E-state index in [9.17, 15) is 19.7 Å². The molecule has 0 amide bonds. The van der Waals surface area contributed by atoms with Crippen LogP contribution in [0.2, 0.25) is 0 Å². The molecule has 1 aromatic rings. The van der Waals surface area contributed by atoms with Crippen molar-refractivity contribution in [2.24, 2.45) is 5.92 Å². The molecule has 0 unspecified atom stereocenters. The Bertz CT molecular complexity index is 496. The second kappa shape index (κ2) is 4.32. The van der Waals surface area contributed by atoms with Gasteiger partial charge in [-0.15, -0.1) is 0 Å². The number of cyclic esters (lactones) is 1. The van der Waals surface area contributed by atoms with E-state index in [1.807, 2.05) is 0 Å². The predicted molar refractivity (Wildman–Crippen MR) is 56.5 cm³/mol. The van der Waals surface area contributed by atoms with Gasteiger partial charge >= 0.3 is 5.97 Å². The fourth-order valence-corrected chi connectivity index (χ4v) is 1.76. The van der Waals surface area contributed by atoms with Crippen molar-refractivity contribution in [3.63, 3.8) is 0 Å². The van der Waals surface area contributed by atoms with Crippen molar-refractivity contribution < 1.29 is 19.2 Å². The van der Waals surface area contributed by atoms with Crippen LogP contribution in [0.3, 0.4) is 0 Å². The highest BCUT2D eigenvalue weighted by molar-refractivity contribution is 6.11. The van der Waals surface area contributed by atoms with Crippen LogP contribution in [0, 0.1) is 16.0 Å². The van der Waals surface area contributed by atoms with Gasteiger partial charge in [0, 0.05) is 12.5 Å². The number of nitrogens with zero attached hydrogens (tertiary/aromatic N) is 1. The molecule has 0 bridgehead atoms. The van der Waals surface area contributed by atoms with Crippen molar-refractivity contribution in [2.75, 3.05) is 6.61 Å². The Morgan fingerprint density at radius 3 is 2.71 bits per heavy atom. The number of ketones is 1. The molecule has 0 aliphatic carbocycles. The van der Waals surface area contributed by atoms with Crippen LogP contribution in [-0.2, 0) is 9.53 Å². The topological polar surface area (TPSA) is 86.5 Å². The van der Waals surface area contributed by atoms with E-state index in [2.05, 4.69) is 4.74 Å². The van der Waals surface area contributed by atoms with Crippen molar-refractivity contribution in [2.45, 2.75) is 6.42 Å². The number of carbonyl (C=O) groups is 2. The van der Waals surface area contributed by atoms with Crippen LogP contribution in [0.25, 0.3) is 0 Å². The fourth-order valence-electron chi connectivity index (χ4n) is 1.76. The first-order chi connectivity index (χ1) is 8.11. The van der Waals surface area contributed by atoms with Gasteiger partial charge in [-0.25, -0.2) is 0 Å². The van der Waals surface area contributed by atoms with Gasteiger partial charge < -0.3 is 4.74 Å². The molecule has 1 aliphatic rings. The molecule has 88 valence electrons. The number of Topliss-reactive ketones (excluding diaryl/α,β-unsaturated/α-hetero) is 1. The van der Waals surface area contributed by atoms with Crippen LogP contribution < -0.4 is 0 Å². The van der Waals surface area contributed by atoms with E-state index in [0.717, 1.165) is 0 Å². The molecule has 0 aromatic heterocycles. The van der Waals surface area contributed by atoms with Gasteiger partial charge in [0.15, 0.2) is 5.78 Å². The monoisotopic (exact) mass is 235 g/mol. The van der Waals surface area contributed by atoms with Crippen LogP contribution in [0.15, 0.2) is 24.3 Å². The highest BCUT2D eigenvalue weighted by atomic mass is 16.6. The lowest BCUT2D eigenvalue weighted by Crippen LogP contribution is -2.20. The zero-order chi connectivity index (χ0) is 12.4. The number of carbonyl (C=O) groups excluding carboxylic acids is 2. The van der Waals surface area contributed by atoms with Crippen molar-refractivity contribution in [1.82, 2.24) is 0 Å². The number of benzene rings is 1. The van der Waals surface area contributed by atoms with E-state index >= 15 is 0 Å². The summed E-state index contributed by atoms with van der Waals surface area (Å²) < 4.78 is 4.68. The number of rotatable bonds is 3. The molecule has 1 heterocycles. The maximum absolute atomic E-state index is 12.0. The Hall–Kier alpha value is -2.24. The summed E-state index contributed by atoms with van der Waals surface area (Å²) >= 11 is 0. The molecule has 6 nitrogen and oxygen atoms in total. The lowest BCUT2D eigenvalue weighted by Gasteiger charge is -2.05. The second-order valence-corrected chi connectivity index (χ2v) is 3.65. The average Bonchev–Trinajstić information content (AvgIpc) is 2.74. The summed E-state index contributed by atoms with van der Waals surface area (Å²) in [7, 11) is 0. The number of esters is 1. The number of nitro groups is 1. The molecule has 0 spiro atoms. The molecule has 2 rings (SSSR count). The van der Waals surface area contributed by atoms with Gasteiger partial charge in [0.05, 0.1) is 17.1 Å². The van der Waals surface area contributed by atoms with Crippen molar-refractivity contribution in [1.29, 1.82) is 0 Å².